The minimum absolute atomic E-state index is 0.248. The maximum Gasteiger partial charge on any atom is 0.253 e. The number of aromatic amines is 1. The number of benzene rings is 2. The number of rotatable bonds is 9. The summed E-state index contributed by atoms with van der Waals surface area (Å²) < 4.78 is 16.8. The molecule has 0 aliphatic carbocycles. The van der Waals surface area contributed by atoms with E-state index in [4.69, 9.17) is 14.2 Å². The highest BCUT2D eigenvalue weighted by molar-refractivity contribution is 5.84. The fourth-order valence-electron chi connectivity index (χ4n) is 4.16. The van der Waals surface area contributed by atoms with Crippen LogP contribution in [-0.4, -0.2) is 36.6 Å². The molecule has 34 heavy (non-hydrogen) atoms. The van der Waals surface area contributed by atoms with E-state index >= 15 is 0 Å². The van der Waals surface area contributed by atoms with Crippen molar-refractivity contribution in [1.82, 2.24) is 9.97 Å². The van der Waals surface area contributed by atoms with Crippen LogP contribution in [-0.2, 0) is 9.47 Å². The molecule has 1 aromatic heterocycles. The van der Waals surface area contributed by atoms with Crippen LogP contribution >= 0.6 is 0 Å². The lowest BCUT2D eigenvalue weighted by Gasteiger charge is -2.27. The van der Waals surface area contributed by atoms with Crippen molar-refractivity contribution in [3.8, 4) is 5.75 Å². The number of nitrogens with one attached hydrogen (secondary N) is 3. The second-order valence-corrected chi connectivity index (χ2v) is 8.24. The summed E-state index contributed by atoms with van der Waals surface area (Å²) in [5.41, 5.74) is 2.70. The molecule has 1 fully saturated rings. The predicted molar refractivity (Wildman–Crippen MR) is 130 cm³/mol. The number of nitrogens with zero attached hydrogens (tertiary/aromatic N) is 1. The summed E-state index contributed by atoms with van der Waals surface area (Å²) in [7, 11) is 1.61. The molecule has 2 heterocycles. The minimum Gasteiger partial charge on any atom is -0.497 e. The Kier molecular flexibility index (Phi) is 6.29. The summed E-state index contributed by atoms with van der Waals surface area (Å²) in [5.74, 6) is 0.713. The molecular formula is C25H26N4O5. The van der Waals surface area contributed by atoms with E-state index in [-0.39, 0.29) is 23.7 Å². The van der Waals surface area contributed by atoms with Crippen LogP contribution in [0.5, 0.6) is 5.75 Å². The Hall–Kier alpha value is -3.69. The molecule has 1 atom stereocenters. The Labute approximate surface area is 195 Å². The molecule has 0 spiro atoms. The SMILES string of the molecule is COc1cccc(C(CCC2OCCCO2)Nc2c(Nc3ccc4[nH]cnc4c3)c(=O)c2=O)c1. The third-order valence-corrected chi connectivity index (χ3v) is 6.00. The Morgan fingerprint density at radius 2 is 1.94 bits per heavy atom. The topological polar surface area (TPSA) is 115 Å². The normalized spacial score (nSPS) is 15.4. The Balaban J connectivity index is 1.39. The van der Waals surface area contributed by atoms with E-state index < -0.39 is 10.9 Å². The van der Waals surface area contributed by atoms with Crippen molar-refractivity contribution in [2.24, 2.45) is 0 Å². The molecule has 0 radical (unpaired) electrons. The number of methoxy groups -OCH3 is 1. The first kappa shape index (κ1) is 22.1. The number of anilines is 3. The maximum atomic E-state index is 12.5. The quantitative estimate of drug-likeness (QED) is 0.323. The first-order valence-electron chi connectivity index (χ1n) is 11.3. The van der Waals surface area contributed by atoms with E-state index in [2.05, 4.69) is 20.6 Å². The van der Waals surface area contributed by atoms with Gasteiger partial charge in [0, 0.05) is 12.1 Å². The van der Waals surface area contributed by atoms with E-state index in [0.29, 0.717) is 37.5 Å². The summed E-state index contributed by atoms with van der Waals surface area (Å²) >= 11 is 0. The van der Waals surface area contributed by atoms with Crippen LogP contribution < -0.4 is 26.2 Å². The van der Waals surface area contributed by atoms with Gasteiger partial charge in [-0.05, 0) is 48.7 Å². The predicted octanol–water partition coefficient (Wildman–Crippen LogP) is 3.61. The van der Waals surface area contributed by atoms with Gasteiger partial charge in [-0.25, -0.2) is 4.98 Å². The van der Waals surface area contributed by atoms with Crippen LogP contribution in [0.4, 0.5) is 17.1 Å². The molecular weight excluding hydrogens is 436 g/mol. The number of ether oxygens (including phenoxy) is 3. The third-order valence-electron chi connectivity index (χ3n) is 6.00. The van der Waals surface area contributed by atoms with Crippen LogP contribution in [0.3, 0.4) is 0 Å². The lowest BCUT2D eigenvalue weighted by atomic mass is 10.00. The highest BCUT2D eigenvalue weighted by Crippen LogP contribution is 2.31. The Morgan fingerprint density at radius 3 is 2.76 bits per heavy atom. The van der Waals surface area contributed by atoms with Crippen LogP contribution in [0.15, 0.2) is 58.4 Å². The molecule has 3 N–H and O–H groups in total. The van der Waals surface area contributed by atoms with Gasteiger partial charge < -0.3 is 29.8 Å². The van der Waals surface area contributed by atoms with Crippen molar-refractivity contribution in [2.75, 3.05) is 31.0 Å². The highest BCUT2D eigenvalue weighted by Gasteiger charge is 2.26. The molecule has 9 nitrogen and oxygen atoms in total. The summed E-state index contributed by atoms with van der Waals surface area (Å²) in [6.45, 7) is 1.35. The molecule has 0 saturated carbocycles. The number of hydrogen-bond donors (Lipinski definition) is 3. The van der Waals surface area contributed by atoms with Crippen molar-refractivity contribution in [1.29, 1.82) is 0 Å². The maximum absolute atomic E-state index is 12.5. The summed E-state index contributed by atoms with van der Waals surface area (Å²) in [6.07, 6.45) is 3.49. The summed E-state index contributed by atoms with van der Waals surface area (Å²) in [6, 6.07) is 12.9. The molecule has 0 bridgehead atoms. The largest absolute Gasteiger partial charge is 0.497 e. The van der Waals surface area contributed by atoms with Crippen molar-refractivity contribution in [2.45, 2.75) is 31.6 Å². The van der Waals surface area contributed by atoms with Gasteiger partial charge in [0.15, 0.2) is 6.29 Å². The zero-order valence-corrected chi connectivity index (χ0v) is 18.8. The van der Waals surface area contributed by atoms with Crippen LogP contribution in [0, 0.1) is 0 Å². The van der Waals surface area contributed by atoms with Gasteiger partial charge in [0.25, 0.3) is 10.9 Å². The molecule has 1 aliphatic heterocycles. The second kappa shape index (κ2) is 9.66. The zero-order chi connectivity index (χ0) is 23.5. The molecule has 5 rings (SSSR count). The molecule has 176 valence electrons. The van der Waals surface area contributed by atoms with Crippen molar-refractivity contribution in [3.05, 3.63) is 74.8 Å². The smallest absolute Gasteiger partial charge is 0.253 e. The van der Waals surface area contributed by atoms with Gasteiger partial charge >= 0.3 is 0 Å². The van der Waals surface area contributed by atoms with Crippen molar-refractivity contribution in [3.63, 3.8) is 0 Å². The first-order chi connectivity index (χ1) is 16.6. The Morgan fingerprint density at radius 1 is 1.12 bits per heavy atom. The second-order valence-electron chi connectivity index (χ2n) is 8.24. The molecule has 4 aromatic rings. The van der Waals surface area contributed by atoms with Gasteiger partial charge in [0.1, 0.15) is 17.1 Å². The van der Waals surface area contributed by atoms with Crippen molar-refractivity contribution < 1.29 is 14.2 Å². The monoisotopic (exact) mass is 462 g/mol. The van der Waals surface area contributed by atoms with E-state index in [1.165, 1.54) is 0 Å². The highest BCUT2D eigenvalue weighted by atomic mass is 16.7. The molecule has 1 saturated heterocycles. The van der Waals surface area contributed by atoms with Crippen LogP contribution in [0.2, 0.25) is 0 Å². The Bertz CT molecular complexity index is 1350. The molecule has 1 unspecified atom stereocenters. The summed E-state index contributed by atoms with van der Waals surface area (Å²) in [5, 5.41) is 6.40. The number of H-pyrrole nitrogens is 1. The standard InChI is InChI=1S/C25H26N4O5/c1-32-17-5-2-4-15(12-17)18(8-9-21-33-10-3-11-34-21)29-23-22(24(30)25(23)31)28-16-6-7-19-20(13-16)27-14-26-19/h2,4-7,12-14,18,21,28-29H,3,8-11H2,1H3,(H,26,27). The van der Waals surface area contributed by atoms with Crippen LogP contribution in [0.25, 0.3) is 11.0 Å². The van der Waals surface area contributed by atoms with Gasteiger partial charge in [-0.1, -0.05) is 12.1 Å². The first-order valence-corrected chi connectivity index (χ1v) is 11.3. The van der Waals surface area contributed by atoms with Gasteiger partial charge in [-0.15, -0.1) is 0 Å². The average Bonchev–Trinajstić information content (AvgIpc) is 3.36. The fourth-order valence-corrected chi connectivity index (χ4v) is 4.16. The minimum atomic E-state index is -0.548. The van der Waals surface area contributed by atoms with E-state index in [9.17, 15) is 9.59 Å². The third kappa shape index (κ3) is 4.52. The lowest BCUT2D eigenvalue weighted by Crippen LogP contribution is -2.37. The van der Waals surface area contributed by atoms with E-state index in [0.717, 1.165) is 23.0 Å². The number of aromatic nitrogens is 2. The summed E-state index contributed by atoms with van der Waals surface area (Å²) in [4.78, 5) is 32.2. The molecule has 1 aliphatic rings. The van der Waals surface area contributed by atoms with E-state index in [1.807, 2.05) is 42.5 Å². The molecule has 3 aromatic carbocycles. The lowest BCUT2D eigenvalue weighted by molar-refractivity contribution is -0.181. The van der Waals surface area contributed by atoms with Gasteiger partial charge in [-0.3, -0.25) is 9.59 Å². The number of hydrogen-bond acceptors (Lipinski definition) is 8. The van der Waals surface area contributed by atoms with Crippen molar-refractivity contribution >= 4 is 28.1 Å². The van der Waals surface area contributed by atoms with Crippen LogP contribution in [0.1, 0.15) is 30.9 Å². The van der Waals surface area contributed by atoms with Gasteiger partial charge in [0.05, 0.1) is 43.7 Å². The average molecular weight is 463 g/mol. The van der Waals surface area contributed by atoms with E-state index in [1.54, 1.807) is 13.4 Å². The fraction of sp³-hybridized carbons (Fsp3) is 0.320. The molecule has 0 amide bonds. The number of fused-ring (bicyclic) bond motifs is 1. The number of imidazole rings is 1. The zero-order valence-electron chi connectivity index (χ0n) is 18.8. The van der Waals surface area contributed by atoms with Gasteiger partial charge in [0.2, 0.25) is 0 Å². The van der Waals surface area contributed by atoms with Gasteiger partial charge in [-0.2, -0.15) is 0 Å². The molecule has 9 heteroatoms.